The number of hydrazone groups is 1. The summed E-state index contributed by atoms with van der Waals surface area (Å²) in [6.07, 6.45) is 3.61. The van der Waals surface area contributed by atoms with Crippen LogP contribution in [0.25, 0.3) is 0 Å². The maximum absolute atomic E-state index is 5.09. The molecule has 0 aliphatic carbocycles. The average molecular weight is 153 g/mol. The van der Waals surface area contributed by atoms with Crippen molar-refractivity contribution in [2.45, 2.75) is 6.92 Å². The quantitative estimate of drug-likeness (QED) is 0.375. The fraction of sp³-hybridized carbons (Fsp3) is 0.286. The molecule has 0 atom stereocenters. The maximum Gasteiger partial charge on any atom is 0.104 e. The fourth-order valence-electron chi connectivity index (χ4n) is 0.779. The highest BCUT2D eigenvalue weighted by Crippen LogP contribution is 2.00. The Bertz CT molecular complexity index is 264. The van der Waals surface area contributed by atoms with E-state index in [4.69, 9.17) is 10.7 Å². The van der Waals surface area contributed by atoms with Gasteiger partial charge in [-0.1, -0.05) is 0 Å². The van der Waals surface area contributed by atoms with E-state index >= 15 is 0 Å². The van der Waals surface area contributed by atoms with E-state index in [1.807, 2.05) is 19.2 Å². The SMILES string of the molecule is COn1ccc(C(C)=NN)c1. The molecule has 1 aromatic heterocycles. The van der Waals surface area contributed by atoms with E-state index < -0.39 is 0 Å². The predicted octanol–water partition coefficient (Wildman–Crippen LogP) is 0.229. The van der Waals surface area contributed by atoms with Crippen molar-refractivity contribution in [3.8, 4) is 0 Å². The molecule has 1 rings (SSSR count). The number of hydrogen-bond acceptors (Lipinski definition) is 3. The Labute approximate surface area is 65.2 Å². The van der Waals surface area contributed by atoms with Crippen LogP contribution in [0.2, 0.25) is 0 Å². The minimum absolute atomic E-state index is 0.792. The summed E-state index contributed by atoms with van der Waals surface area (Å²) in [5.74, 6) is 5.09. The first kappa shape index (κ1) is 7.65. The minimum atomic E-state index is 0.792. The molecule has 0 aromatic carbocycles. The van der Waals surface area contributed by atoms with Crippen LogP contribution in [-0.2, 0) is 0 Å². The number of nitrogens with zero attached hydrogens (tertiary/aromatic N) is 2. The zero-order valence-corrected chi connectivity index (χ0v) is 6.61. The lowest BCUT2D eigenvalue weighted by Gasteiger charge is -1.96. The number of nitrogens with two attached hydrogens (primary N) is 1. The van der Waals surface area contributed by atoms with Gasteiger partial charge in [-0.25, -0.2) is 0 Å². The molecule has 4 heteroatoms. The van der Waals surface area contributed by atoms with Gasteiger partial charge in [-0.3, -0.25) is 0 Å². The van der Waals surface area contributed by atoms with Crippen LogP contribution in [0.1, 0.15) is 12.5 Å². The van der Waals surface area contributed by atoms with Gasteiger partial charge >= 0.3 is 0 Å². The van der Waals surface area contributed by atoms with Crippen molar-refractivity contribution < 1.29 is 4.84 Å². The van der Waals surface area contributed by atoms with Gasteiger partial charge in [0.2, 0.25) is 0 Å². The molecule has 0 saturated carbocycles. The van der Waals surface area contributed by atoms with Crippen molar-refractivity contribution in [1.82, 2.24) is 4.73 Å². The summed E-state index contributed by atoms with van der Waals surface area (Å²) in [7, 11) is 1.60. The van der Waals surface area contributed by atoms with Crippen LogP contribution in [0, 0.1) is 0 Å². The Hall–Kier alpha value is -1.45. The lowest BCUT2D eigenvalue weighted by Crippen LogP contribution is -2.02. The predicted molar refractivity (Wildman–Crippen MR) is 43.3 cm³/mol. The summed E-state index contributed by atoms with van der Waals surface area (Å²) in [5.41, 5.74) is 1.76. The van der Waals surface area contributed by atoms with Crippen LogP contribution in [-0.4, -0.2) is 17.6 Å². The third-order valence-electron chi connectivity index (χ3n) is 1.49. The van der Waals surface area contributed by atoms with E-state index in [1.54, 1.807) is 18.0 Å². The summed E-state index contributed by atoms with van der Waals surface area (Å²) in [5, 5.41) is 3.55. The van der Waals surface area contributed by atoms with Gasteiger partial charge in [0.1, 0.15) is 7.11 Å². The summed E-state index contributed by atoms with van der Waals surface area (Å²) >= 11 is 0. The maximum atomic E-state index is 5.09. The number of rotatable bonds is 2. The number of aromatic nitrogens is 1. The molecule has 0 saturated heterocycles. The van der Waals surface area contributed by atoms with Gasteiger partial charge in [0.25, 0.3) is 0 Å². The van der Waals surface area contributed by atoms with Gasteiger partial charge in [0, 0.05) is 11.8 Å². The molecular weight excluding hydrogens is 142 g/mol. The molecule has 0 fully saturated rings. The van der Waals surface area contributed by atoms with Gasteiger partial charge in [-0.15, -0.1) is 0 Å². The molecule has 1 aromatic rings. The lowest BCUT2D eigenvalue weighted by molar-refractivity contribution is 0.168. The molecular formula is C7H11N3O. The topological polar surface area (TPSA) is 52.5 Å². The van der Waals surface area contributed by atoms with Gasteiger partial charge in [0.15, 0.2) is 0 Å². The van der Waals surface area contributed by atoms with Crippen molar-refractivity contribution in [3.63, 3.8) is 0 Å². The average Bonchev–Trinajstić information content (AvgIpc) is 2.50. The summed E-state index contributed by atoms with van der Waals surface area (Å²) in [4.78, 5) is 4.91. The van der Waals surface area contributed by atoms with Crippen LogP contribution in [0.4, 0.5) is 0 Å². The minimum Gasteiger partial charge on any atom is -0.418 e. The normalized spacial score (nSPS) is 11.6. The molecule has 0 aliphatic heterocycles. The van der Waals surface area contributed by atoms with Gasteiger partial charge in [-0.05, 0) is 13.0 Å². The standard InChI is InChI=1S/C7H11N3O/c1-6(9-8)7-3-4-10(5-7)11-2/h3-5H,8H2,1-2H3. The van der Waals surface area contributed by atoms with E-state index in [9.17, 15) is 0 Å². The van der Waals surface area contributed by atoms with Crippen LogP contribution in [0.15, 0.2) is 23.6 Å². The van der Waals surface area contributed by atoms with Crippen LogP contribution >= 0.6 is 0 Å². The van der Waals surface area contributed by atoms with Crippen LogP contribution in [0.5, 0.6) is 0 Å². The molecule has 0 spiro atoms. The molecule has 60 valence electrons. The Morgan fingerprint density at radius 3 is 2.91 bits per heavy atom. The smallest absolute Gasteiger partial charge is 0.104 e. The summed E-state index contributed by atoms with van der Waals surface area (Å²) in [6.45, 7) is 1.84. The third-order valence-corrected chi connectivity index (χ3v) is 1.49. The van der Waals surface area contributed by atoms with Crippen molar-refractivity contribution in [2.75, 3.05) is 7.11 Å². The Kier molecular flexibility index (Phi) is 2.15. The zero-order chi connectivity index (χ0) is 8.27. The van der Waals surface area contributed by atoms with Gasteiger partial charge in [0.05, 0.1) is 11.9 Å². The molecule has 0 bridgehead atoms. The molecule has 2 N–H and O–H groups in total. The van der Waals surface area contributed by atoms with E-state index in [0.29, 0.717) is 0 Å². The zero-order valence-electron chi connectivity index (χ0n) is 6.61. The monoisotopic (exact) mass is 153 g/mol. The van der Waals surface area contributed by atoms with Crippen LogP contribution in [0.3, 0.4) is 0 Å². The Morgan fingerprint density at radius 2 is 2.45 bits per heavy atom. The molecule has 11 heavy (non-hydrogen) atoms. The first-order valence-electron chi connectivity index (χ1n) is 3.25. The van der Waals surface area contributed by atoms with E-state index in [-0.39, 0.29) is 0 Å². The van der Waals surface area contributed by atoms with Crippen LogP contribution < -0.4 is 10.7 Å². The van der Waals surface area contributed by atoms with E-state index in [2.05, 4.69) is 5.10 Å². The lowest BCUT2D eigenvalue weighted by atomic mass is 10.2. The first-order chi connectivity index (χ1) is 5.27. The summed E-state index contributed by atoms with van der Waals surface area (Å²) in [6, 6.07) is 1.88. The van der Waals surface area contributed by atoms with E-state index in [0.717, 1.165) is 11.3 Å². The van der Waals surface area contributed by atoms with Gasteiger partial charge < -0.3 is 10.7 Å². The highest BCUT2D eigenvalue weighted by molar-refractivity contribution is 5.98. The van der Waals surface area contributed by atoms with Crippen molar-refractivity contribution >= 4 is 5.71 Å². The Balaban J connectivity index is 2.89. The molecule has 4 nitrogen and oxygen atoms in total. The van der Waals surface area contributed by atoms with Crippen molar-refractivity contribution in [1.29, 1.82) is 0 Å². The Morgan fingerprint density at radius 1 is 1.73 bits per heavy atom. The first-order valence-corrected chi connectivity index (χ1v) is 3.25. The highest BCUT2D eigenvalue weighted by atomic mass is 16.6. The third kappa shape index (κ3) is 1.52. The molecule has 1 heterocycles. The molecule has 0 unspecified atom stereocenters. The fourth-order valence-corrected chi connectivity index (χ4v) is 0.779. The molecule has 0 amide bonds. The van der Waals surface area contributed by atoms with Gasteiger partial charge in [-0.2, -0.15) is 9.83 Å². The van der Waals surface area contributed by atoms with Crippen molar-refractivity contribution in [3.05, 3.63) is 24.0 Å². The molecule has 0 radical (unpaired) electrons. The second kappa shape index (κ2) is 3.09. The molecule has 0 aliphatic rings. The number of hydrogen-bond donors (Lipinski definition) is 1. The largest absolute Gasteiger partial charge is 0.418 e. The summed E-state index contributed by atoms with van der Waals surface area (Å²) < 4.78 is 1.59. The second-order valence-electron chi connectivity index (χ2n) is 2.16. The highest BCUT2D eigenvalue weighted by Gasteiger charge is 1.98. The second-order valence-corrected chi connectivity index (χ2v) is 2.16. The van der Waals surface area contributed by atoms with Crippen molar-refractivity contribution in [2.24, 2.45) is 10.9 Å². The van der Waals surface area contributed by atoms with E-state index in [1.165, 1.54) is 0 Å².